The standard InChI is InChI=1S/C11H7ClN2/c12-11-9-5-7-3-1-2-4-8(7)10(9)13-6-14-11/h1-4,6H,5H2. The zero-order valence-electron chi connectivity index (χ0n) is 7.37. The molecule has 68 valence electrons. The summed E-state index contributed by atoms with van der Waals surface area (Å²) in [5, 5.41) is 0.575. The molecule has 0 unspecified atom stereocenters. The summed E-state index contributed by atoms with van der Waals surface area (Å²) in [5.41, 5.74) is 4.51. The number of nitrogens with zero attached hydrogens (tertiary/aromatic N) is 2. The summed E-state index contributed by atoms with van der Waals surface area (Å²) in [4.78, 5) is 8.25. The average molecular weight is 203 g/mol. The lowest BCUT2D eigenvalue weighted by atomic mass is 10.1. The zero-order valence-corrected chi connectivity index (χ0v) is 8.12. The maximum Gasteiger partial charge on any atom is 0.136 e. The Labute approximate surface area is 86.6 Å². The fourth-order valence-electron chi connectivity index (χ4n) is 1.88. The summed E-state index contributed by atoms with van der Waals surface area (Å²) in [7, 11) is 0. The van der Waals surface area contributed by atoms with E-state index in [-0.39, 0.29) is 0 Å². The number of benzene rings is 1. The van der Waals surface area contributed by atoms with Gasteiger partial charge in [0.05, 0.1) is 5.69 Å². The Balaban J connectivity index is 2.33. The van der Waals surface area contributed by atoms with Gasteiger partial charge in [-0.2, -0.15) is 0 Å². The molecule has 0 aliphatic heterocycles. The summed E-state index contributed by atoms with van der Waals surface area (Å²) in [6.07, 6.45) is 2.37. The number of halogens is 1. The quantitative estimate of drug-likeness (QED) is 0.524. The summed E-state index contributed by atoms with van der Waals surface area (Å²) in [6, 6.07) is 8.23. The van der Waals surface area contributed by atoms with Crippen molar-refractivity contribution < 1.29 is 0 Å². The van der Waals surface area contributed by atoms with Crippen LogP contribution in [-0.2, 0) is 6.42 Å². The number of hydrogen-bond acceptors (Lipinski definition) is 2. The van der Waals surface area contributed by atoms with Crippen LogP contribution in [0.15, 0.2) is 30.6 Å². The molecule has 0 bridgehead atoms. The molecule has 0 saturated heterocycles. The van der Waals surface area contributed by atoms with Gasteiger partial charge < -0.3 is 0 Å². The van der Waals surface area contributed by atoms with Gasteiger partial charge in [0.2, 0.25) is 0 Å². The van der Waals surface area contributed by atoms with Crippen molar-refractivity contribution in [2.75, 3.05) is 0 Å². The number of rotatable bonds is 0. The molecular weight excluding hydrogens is 196 g/mol. The normalized spacial score (nSPS) is 12.4. The monoisotopic (exact) mass is 202 g/mol. The molecule has 0 spiro atoms. The van der Waals surface area contributed by atoms with Crippen molar-refractivity contribution in [1.82, 2.24) is 9.97 Å². The van der Waals surface area contributed by atoms with Crippen LogP contribution in [0.3, 0.4) is 0 Å². The van der Waals surface area contributed by atoms with E-state index in [0.29, 0.717) is 5.15 Å². The van der Waals surface area contributed by atoms with Crippen LogP contribution in [0, 0.1) is 0 Å². The van der Waals surface area contributed by atoms with Gasteiger partial charge >= 0.3 is 0 Å². The van der Waals surface area contributed by atoms with E-state index in [9.17, 15) is 0 Å². The van der Waals surface area contributed by atoms with Crippen LogP contribution in [0.5, 0.6) is 0 Å². The highest BCUT2D eigenvalue weighted by Crippen LogP contribution is 2.36. The van der Waals surface area contributed by atoms with E-state index in [0.717, 1.165) is 17.7 Å². The predicted molar refractivity (Wildman–Crippen MR) is 55.3 cm³/mol. The van der Waals surface area contributed by atoms with Crippen LogP contribution >= 0.6 is 11.6 Å². The smallest absolute Gasteiger partial charge is 0.136 e. The Morgan fingerprint density at radius 2 is 2.00 bits per heavy atom. The Hall–Kier alpha value is -1.41. The highest BCUT2D eigenvalue weighted by molar-refractivity contribution is 6.30. The maximum atomic E-state index is 6.01. The molecule has 0 radical (unpaired) electrons. The van der Waals surface area contributed by atoms with Gasteiger partial charge in [-0.15, -0.1) is 0 Å². The highest BCUT2D eigenvalue weighted by atomic mass is 35.5. The first-order valence-corrected chi connectivity index (χ1v) is 4.82. The third kappa shape index (κ3) is 0.976. The van der Waals surface area contributed by atoms with E-state index in [1.165, 1.54) is 17.5 Å². The molecule has 3 rings (SSSR count). The number of fused-ring (bicyclic) bond motifs is 3. The largest absolute Gasteiger partial charge is 0.236 e. The molecule has 2 aromatic rings. The van der Waals surface area contributed by atoms with E-state index in [2.05, 4.69) is 22.1 Å². The van der Waals surface area contributed by atoms with E-state index < -0.39 is 0 Å². The summed E-state index contributed by atoms with van der Waals surface area (Å²) >= 11 is 6.01. The van der Waals surface area contributed by atoms with Gasteiger partial charge in [-0.1, -0.05) is 35.9 Å². The molecule has 1 heterocycles. The van der Waals surface area contributed by atoms with E-state index in [1.54, 1.807) is 0 Å². The second-order valence-electron chi connectivity index (χ2n) is 3.33. The predicted octanol–water partition coefficient (Wildman–Crippen LogP) is 2.70. The Bertz CT molecular complexity index is 508. The lowest BCUT2D eigenvalue weighted by molar-refractivity contribution is 1.12. The average Bonchev–Trinajstić information content (AvgIpc) is 2.59. The van der Waals surface area contributed by atoms with E-state index >= 15 is 0 Å². The molecule has 3 heteroatoms. The lowest BCUT2D eigenvalue weighted by Crippen LogP contribution is -1.88. The third-order valence-corrected chi connectivity index (χ3v) is 2.86. The molecule has 0 amide bonds. The van der Waals surface area contributed by atoms with Gasteiger partial charge in [-0.3, -0.25) is 0 Å². The fourth-order valence-corrected chi connectivity index (χ4v) is 2.08. The van der Waals surface area contributed by atoms with Crippen LogP contribution in [0.1, 0.15) is 11.1 Å². The molecule has 0 fully saturated rings. The molecule has 1 aliphatic rings. The molecule has 2 nitrogen and oxygen atoms in total. The Kier molecular flexibility index (Phi) is 1.58. The first kappa shape index (κ1) is 7.94. The third-order valence-electron chi connectivity index (χ3n) is 2.53. The summed E-state index contributed by atoms with van der Waals surface area (Å²) < 4.78 is 0. The van der Waals surface area contributed by atoms with Crippen molar-refractivity contribution >= 4 is 11.6 Å². The molecule has 14 heavy (non-hydrogen) atoms. The molecule has 0 N–H and O–H groups in total. The minimum atomic E-state index is 0.575. The SMILES string of the molecule is Clc1ncnc2c1Cc1ccccc1-2. The Morgan fingerprint density at radius 1 is 1.14 bits per heavy atom. The number of aromatic nitrogens is 2. The van der Waals surface area contributed by atoms with Crippen LogP contribution in [0.4, 0.5) is 0 Å². The van der Waals surface area contributed by atoms with Crippen LogP contribution < -0.4 is 0 Å². The molecule has 0 atom stereocenters. The van der Waals surface area contributed by atoms with E-state index in [1.807, 2.05) is 12.1 Å². The molecule has 0 saturated carbocycles. The first-order chi connectivity index (χ1) is 6.86. The van der Waals surface area contributed by atoms with Gasteiger partial charge in [-0.25, -0.2) is 9.97 Å². The van der Waals surface area contributed by atoms with Crippen molar-refractivity contribution in [1.29, 1.82) is 0 Å². The second-order valence-corrected chi connectivity index (χ2v) is 3.68. The lowest BCUT2D eigenvalue weighted by Gasteiger charge is -1.98. The Morgan fingerprint density at radius 3 is 2.93 bits per heavy atom. The molecule has 1 aromatic heterocycles. The fraction of sp³-hybridized carbons (Fsp3) is 0.0909. The first-order valence-electron chi connectivity index (χ1n) is 4.44. The van der Waals surface area contributed by atoms with Crippen molar-refractivity contribution in [3.05, 3.63) is 46.9 Å². The van der Waals surface area contributed by atoms with Gasteiger partial charge in [0.1, 0.15) is 11.5 Å². The van der Waals surface area contributed by atoms with Gasteiger partial charge in [0.25, 0.3) is 0 Å². The van der Waals surface area contributed by atoms with Crippen LogP contribution in [0.25, 0.3) is 11.3 Å². The summed E-state index contributed by atoms with van der Waals surface area (Å²) in [5.74, 6) is 0. The highest BCUT2D eigenvalue weighted by Gasteiger charge is 2.21. The molecular formula is C11H7ClN2. The van der Waals surface area contributed by atoms with Gasteiger partial charge in [0.15, 0.2) is 0 Å². The molecule has 1 aliphatic carbocycles. The van der Waals surface area contributed by atoms with Crippen molar-refractivity contribution in [3.8, 4) is 11.3 Å². The minimum Gasteiger partial charge on any atom is -0.236 e. The second kappa shape index (κ2) is 2.79. The van der Waals surface area contributed by atoms with Gasteiger partial charge in [-0.05, 0) is 5.56 Å². The van der Waals surface area contributed by atoms with Crippen molar-refractivity contribution in [2.24, 2.45) is 0 Å². The van der Waals surface area contributed by atoms with Gasteiger partial charge in [0, 0.05) is 17.5 Å². The van der Waals surface area contributed by atoms with Crippen LogP contribution in [-0.4, -0.2) is 9.97 Å². The topological polar surface area (TPSA) is 25.8 Å². The van der Waals surface area contributed by atoms with Crippen LogP contribution in [0.2, 0.25) is 5.15 Å². The number of hydrogen-bond donors (Lipinski definition) is 0. The zero-order chi connectivity index (χ0) is 9.54. The minimum absolute atomic E-state index is 0.575. The molecule has 1 aromatic carbocycles. The maximum absolute atomic E-state index is 6.01. The summed E-state index contributed by atoms with van der Waals surface area (Å²) in [6.45, 7) is 0. The van der Waals surface area contributed by atoms with Crippen molar-refractivity contribution in [2.45, 2.75) is 6.42 Å². The van der Waals surface area contributed by atoms with Crippen molar-refractivity contribution in [3.63, 3.8) is 0 Å². The van der Waals surface area contributed by atoms with E-state index in [4.69, 9.17) is 11.6 Å².